The summed E-state index contributed by atoms with van der Waals surface area (Å²) in [6.45, 7) is 7.52. The molecule has 5 heteroatoms. The van der Waals surface area contributed by atoms with Gasteiger partial charge in [0.05, 0.1) is 25.4 Å². The van der Waals surface area contributed by atoms with Crippen molar-refractivity contribution in [1.82, 2.24) is 5.32 Å². The Kier molecular flexibility index (Phi) is 7.48. The van der Waals surface area contributed by atoms with E-state index in [-0.39, 0.29) is 18.2 Å². The number of ether oxygens (including phenoxy) is 3. The quantitative estimate of drug-likeness (QED) is 0.691. The summed E-state index contributed by atoms with van der Waals surface area (Å²) in [7, 11) is 1.82. The van der Waals surface area contributed by atoms with Gasteiger partial charge in [0.1, 0.15) is 5.54 Å². The first-order valence-electron chi connectivity index (χ1n) is 7.67. The van der Waals surface area contributed by atoms with Gasteiger partial charge in [-0.1, -0.05) is 0 Å². The van der Waals surface area contributed by atoms with Crippen molar-refractivity contribution in [3.8, 4) is 0 Å². The van der Waals surface area contributed by atoms with Crippen LogP contribution >= 0.6 is 0 Å². The zero-order valence-electron chi connectivity index (χ0n) is 13.2. The molecule has 5 nitrogen and oxygen atoms in total. The Morgan fingerprint density at radius 3 is 2.75 bits per heavy atom. The zero-order valence-corrected chi connectivity index (χ0v) is 13.2. The number of nitrogens with one attached hydrogen (secondary N) is 1. The van der Waals surface area contributed by atoms with E-state index in [0.717, 1.165) is 19.3 Å². The van der Waals surface area contributed by atoms with Crippen molar-refractivity contribution in [2.75, 3.05) is 26.9 Å². The summed E-state index contributed by atoms with van der Waals surface area (Å²) in [4.78, 5) is 12.2. The highest BCUT2D eigenvalue weighted by Gasteiger charge is 2.43. The summed E-state index contributed by atoms with van der Waals surface area (Å²) < 4.78 is 16.6. The minimum atomic E-state index is -0.593. The minimum absolute atomic E-state index is 0.0507. The summed E-state index contributed by atoms with van der Waals surface area (Å²) in [6.07, 6.45) is 3.55. The van der Waals surface area contributed by atoms with Gasteiger partial charge >= 0.3 is 5.97 Å². The van der Waals surface area contributed by atoms with E-state index < -0.39 is 5.54 Å². The fraction of sp³-hybridized carbons (Fsp3) is 0.933. The van der Waals surface area contributed by atoms with Crippen LogP contribution < -0.4 is 5.32 Å². The highest BCUT2D eigenvalue weighted by molar-refractivity contribution is 5.81. The van der Waals surface area contributed by atoms with Gasteiger partial charge in [0, 0.05) is 13.0 Å². The van der Waals surface area contributed by atoms with E-state index in [1.807, 2.05) is 27.8 Å². The number of carbonyl (C=O) groups is 1. The van der Waals surface area contributed by atoms with Crippen LogP contribution in [0.1, 0.15) is 46.5 Å². The first-order chi connectivity index (χ1) is 9.57. The predicted octanol–water partition coefficient (Wildman–Crippen LogP) is 1.89. The fourth-order valence-electron chi connectivity index (χ4n) is 2.78. The lowest BCUT2D eigenvalue weighted by atomic mass is 9.80. The molecular formula is C15H29NO4. The average Bonchev–Trinajstić information content (AvgIpc) is 2.45. The highest BCUT2D eigenvalue weighted by atomic mass is 16.5. The Bertz CT molecular complexity index is 298. The van der Waals surface area contributed by atoms with Gasteiger partial charge in [-0.3, -0.25) is 4.79 Å². The standard InChI is InChI=1S/C15H29NO4/c1-5-18-11-12(3)20-13-8-7-9-15(10-13,16-4)14(17)19-6-2/h12-13,16H,5-11H2,1-4H3. The van der Waals surface area contributed by atoms with E-state index in [0.29, 0.717) is 26.2 Å². The third kappa shape index (κ3) is 4.72. The number of rotatable bonds is 8. The van der Waals surface area contributed by atoms with Gasteiger partial charge in [-0.2, -0.15) is 0 Å². The lowest BCUT2D eigenvalue weighted by molar-refractivity contribution is -0.156. The third-order valence-electron chi connectivity index (χ3n) is 3.83. The molecule has 0 saturated heterocycles. The second-order valence-electron chi connectivity index (χ2n) is 5.38. The van der Waals surface area contributed by atoms with Crippen LogP contribution in [0.25, 0.3) is 0 Å². The Labute approximate surface area is 122 Å². The molecule has 20 heavy (non-hydrogen) atoms. The van der Waals surface area contributed by atoms with E-state index in [1.54, 1.807) is 0 Å². The molecule has 0 aliphatic heterocycles. The summed E-state index contributed by atoms with van der Waals surface area (Å²) in [5, 5.41) is 3.16. The monoisotopic (exact) mass is 287 g/mol. The minimum Gasteiger partial charge on any atom is -0.465 e. The molecule has 0 spiro atoms. The summed E-state index contributed by atoms with van der Waals surface area (Å²) in [5.74, 6) is -0.159. The summed E-state index contributed by atoms with van der Waals surface area (Å²) >= 11 is 0. The van der Waals surface area contributed by atoms with Crippen molar-refractivity contribution in [2.24, 2.45) is 0 Å². The molecule has 0 heterocycles. The molecule has 1 rings (SSSR count). The first-order valence-corrected chi connectivity index (χ1v) is 7.67. The van der Waals surface area contributed by atoms with E-state index in [1.165, 1.54) is 0 Å². The van der Waals surface area contributed by atoms with E-state index in [9.17, 15) is 4.79 Å². The van der Waals surface area contributed by atoms with Crippen molar-refractivity contribution in [3.63, 3.8) is 0 Å². The van der Waals surface area contributed by atoms with Gasteiger partial charge in [-0.25, -0.2) is 0 Å². The van der Waals surface area contributed by atoms with Gasteiger partial charge < -0.3 is 19.5 Å². The molecule has 0 aromatic rings. The molecule has 1 N–H and O–H groups in total. The third-order valence-corrected chi connectivity index (χ3v) is 3.83. The molecule has 3 atom stereocenters. The summed E-state index contributed by atoms with van der Waals surface area (Å²) in [6, 6.07) is 0. The lowest BCUT2D eigenvalue weighted by Gasteiger charge is -2.39. The van der Waals surface area contributed by atoms with Crippen molar-refractivity contribution in [3.05, 3.63) is 0 Å². The Hall–Kier alpha value is -0.650. The zero-order chi connectivity index (χ0) is 15.0. The number of hydrogen-bond donors (Lipinski definition) is 1. The molecule has 0 aromatic heterocycles. The molecule has 0 amide bonds. The Morgan fingerprint density at radius 2 is 2.15 bits per heavy atom. The van der Waals surface area contributed by atoms with Crippen LogP contribution in [0.3, 0.4) is 0 Å². The second-order valence-corrected chi connectivity index (χ2v) is 5.38. The van der Waals surface area contributed by atoms with Gasteiger partial charge in [-0.15, -0.1) is 0 Å². The normalized spacial score (nSPS) is 28.1. The van der Waals surface area contributed by atoms with Gasteiger partial charge in [0.15, 0.2) is 0 Å². The molecule has 1 aliphatic carbocycles. The lowest BCUT2D eigenvalue weighted by Crippen LogP contribution is -2.55. The maximum atomic E-state index is 12.2. The van der Waals surface area contributed by atoms with Crippen molar-refractivity contribution >= 4 is 5.97 Å². The molecule has 0 aromatic carbocycles. The molecule has 118 valence electrons. The molecule has 1 fully saturated rings. The van der Waals surface area contributed by atoms with Gasteiger partial charge in [0.25, 0.3) is 0 Å². The largest absolute Gasteiger partial charge is 0.465 e. The average molecular weight is 287 g/mol. The molecule has 1 saturated carbocycles. The van der Waals surface area contributed by atoms with Crippen LogP contribution in [-0.4, -0.2) is 50.6 Å². The highest BCUT2D eigenvalue weighted by Crippen LogP contribution is 2.31. The van der Waals surface area contributed by atoms with E-state index in [4.69, 9.17) is 14.2 Å². The smallest absolute Gasteiger partial charge is 0.326 e. The fourth-order valence-corrected chi connectivity index (χ4v) is 2.78. The number of likely N-dealkylation sites (N-methyl/N-ethyl adjacent to an activating group) is 1. The van der Waals surface area contributed by atoms with Crippen LogP contribution in [-0.2, 0) is 19.0 Å². The maximum absolute atomic E-state index is 12.2. The number of carbonyl (C=O) groups excluding carboxylic acids is 1. The Balaban J connectivity index is 2.57. The Morgan fingerprint density at radius 1 is 1.40 bits per heavy atom. The van der Waals surface area contributed by atoms with Crippen LogP contribution in [0, 0.1) is 0 Å². The predicted molar refractivity (Wildman–Crippen MR) is 77.7 cm³/mol. The molecular weight excluding hydrogens is 258 g/mol. The van der Waals surface area contributed by atoms with Crippen molar-refractivity contribution < 1.29 is 19.0 Å². The van der Waals surface area contributed by atoms with Gasteiger partial charge in [-0.05, 0) is 47.1 Å². The van der Waals surface area contributed by atoms with E-state index >= 15 is 0 Å². The first kappa shape index (κ1) is 17.4. The molecule has 3 unspecified atom stereocenters. The summed E-state index contributed by atoms with van der Waals surface area (Å²) in [5.41, 5.74) is -0.593. The van der Waals surface area contributed by atoms with E-state index in [2.05, 4.69) is 5.32 Å². The van der Waals surface area contributed by atoms with Crippen LogP contribution in [0.2, 0.25) is 0 Å². The molecule has 1 aliphatic rings. The van der Waals surface area contributed by atoms with Crippen LogP contribution in [0.5, 0.6) is 0 Å². The molecule has 0 radical (unpaired) electrons. The number of esters is 1. The molecule has 0 bridgehead atoms. The van der Waals surface area contributed by atoms with Crippen LogP contribution in [0.4, 0.5) is 0 Å². The van der Waals surface area contributed by atoms with Crippen molar-refractivity contribution in [2.45, 2.75) is 64.2 Å². The SMILES string of the molecule is CCOCC(C)OC1CCCC(NC)(C(=O)OCC)C1. The topological polar surface area (TPSA) is 56.8 Å². The maximum Gasteiger partial charge on any atom is 0.326 e. The van der Waals surface area contributed by atoms with Gasteiger partial charge in [0.2, 0.25) is 0 Å². The second kappa shape index (κ2) is 8.60. The van der Waals surface area contributed by atoms with Crippen molar-refractivity contribution in [1.29, 1.82) is 0 Å². The van der Waals surface area contributed by atoms with Crippen LogP contribution in [0.15, 0.2) is 0 Å². The number of hydrogen-bond acceptors (Lipinski definition) is 5.